The molecule has 0 aliphatic heterocycles. The van der Waals surface area contributed by atoms with Crippen LogP contribution in [0, 0.1) is 5.92 Å². The van der Waals surface area contributed by atoms with Crippen molar-refractivity contribution >= 4 is 9.84 Å². The second-order valence-electron chi connectivity index (χ2n) is 5.61. The number of benzene rings is 1. The molecule has 1 N–H and O–H groups in total. The molecule has 0 aromatic heterocycles. The molecular formula is C15H22O3S. The first-order valence-corrected chi connectivity index (χ1v) is 8.94. The first-order valence-electron chi connectivity index (χ1n) is 6.88. The molecule has 1 aliphatic rings. The van der Waals surface area contributed by atoms with E-state index in [4.69, 9.17) is 0 Å². The lowest BCUT2D eigenvalue weighted by atomic mass is 9.80. The predicted octanol–water partition coefficient (Wildman–Crippen LogP) is 1.98. The van der Waals surface area contributed by atoms with Gasteiger partial charge >= 0.3 is 0 Å². The smallest absolute Gasteiger partial charge is 0.147 e. The second kappa shape index (κ2) is 6.06. The summed E-state index contributed by atoms with van der Waals surface area (Å²) >= 11 is 0. The Kier molecular flexibility index (Phi) is 4.63. The summed E-state index contributed by atoms with van der Waals surface area (Å²) in [6, 6.07) is 8.38. The summed E-state index contributed by atoms with van der Waals surface area (Å²) in [5, 5.41) is 10.2. The summed E-state index contributed by atoms with van der Waals surface area (Å²) in [7, 11) is -2.91. The van der Waals surface area contributed by atoms with Crippen molar-refractivity contribution in [1.29, 1.82) is 0 Å². The molecule has 106 valence electrons. The standard InChI is InChI=1S/C15H22O3S/c1-19(17,18)10-4-7-15(16)14-9-8-12-5-2-3-6-13(12)11-14/h2-3,5-6,14-16H,4,7-11H2,1H3. The molecule has 19 heavy (non-hydrogen) atoms. The summed E-state index contributed by atoms with van der Waals surface area (Å²) in [6.07, 6.45) is 4.93. The van der Waals surface area contributed by atoms with Gasteiger partial charge < -0.3 is 5.11 Å². The molecule has 1 aliphatic carbocycles. The molecule has 0 heterocycles. The molecule has 3 nitrogen and oxygen atoms in total. The highest BCUT2D eigenvalue weighted by Gasteiger charge is 2.24. The topological polar surface area (TPSA) is 54.4 Å². The molecule has 0 amide bonds. The van der Waals surface area contributed by atoms with E-state index in [0.717, 1.165) is 19.3 Å². The average Bonchev–Trinajstić information content (AvgIpc) is 2.36. The van der Waals surface area contributed by atoms with Crippen LogP contribution in [-0.4, -0.2) is 31.6 Å². The van der Waals surface area contributed by atoms with Crippen molar-refractivity contribution in [3.8, 4) is 0 Å². The van der Waals surface area contributed by atoms with Crippen molar-refractivity contribution in [2.45, 2.75) is 38.2 Å². The molecule has 0 radical (unpaired) electrons. The number of hydrogen-bond donors (Lipinski definition) is 1. The van der Waals surface area contributed by atoms with Crippen LogP contribution in [0.1, 0.15) is 30.4 Å². The normalized spacial score (nSPS) is 20.8. The van der Waals surface area contributed by atoms with E-state index in [-0.39, 0.29) is 17.8 Å². The van der Waals surface area contributed by atoms with E-state index in [0.29, 0.717) is 12.8 Å². The number of rotatable bonds is 5. The number of hydrogen-bond acceptors (Lipinski definition) is 3. The molecule has 0 spiro atoms. The van der Waals surface area contributed by atoms with Gasteiger partial charge in [-0.2, -0.15) is 0 Å². The molecule has 0 fully saturated rings. The van der Waals surface area contributed by atoms with E-state index in [1.165, 1.54) is 17.4 Å². The fourth-order valence-corrected chi connectivity index (χ4v) is 3.54. The zero-order valence-corrected chi connectivity index (χ0v) is 12.2. The Morgan fingerprint density at radius 1 is 1.32 bits per heavy atom. The van der Waals surface area contributed by atoms with Gasteiger partial charge in [0.05, 0.1) is 6.10 Å². The molecule has 0 bridgehead atoms. The molecule has 1 aromatic carbocycles. The minimum absolute atomic E-state index is 0.174. The van der Waals surface area contributed by atoms with Crippen molar-refractivity contribution in [3.63, 3.8) is 0 Å². The zero-order chi connectivity index (χ0) is 13.9. The van der Waals surface area contributed by atoms with Crippen LogP contribution >= 0.6 is 0 Å². The van der Waals surface area contributed by atoms with Gasteiger partial charge in [-0.25, -0.2) is 8.42 Å². The summed E-state index contributed by atoms with van der Waals surface area (Å²) in [5.41, 5.74) is 2.72. The van der Waals surface area contributed by atoms with E-state index in [1.807, 2.05) is 6.07 Å². The number of aryl methyl sites for hydroxylation is 1. The minimum Gasteiger partial charge on any atom is -0.393 e. The number of fused-ring (bicyclic) bond motifs is 1. The van der Waals surface area contributed by atoms with Crippen molar-refractivity contribution in [3.05, 3.63) is 35.4 Å². The van der Waals surface area contributed by atoms with Gasteiger partial charge in [-0.05, 0) is 49.1 Å². The maximum Gasteiger partial charge on any atom is 0.147 e. The molecule has 2 atom stereocenters. The van der Waals surface area contributed by atoms with Gasteiger partial charge in [-0.15, -0.1) is 0 Å². The predicted molar refractivity (Wildman–Crippen MR) is 76.9 cm³/mol. The first kappa shape index (κ1) is 14.5. The van der Waals surface area contributed by atoms with Crippen LogP contribution in [0.4, 0.5) is 0 Å². The highest BCUT2D eigenvalue weighted by molar-refractivity contribution is 7.90. The highest BCUT2D eigenvalue weighted by atomic mass is 32.2. The quantitative estimate of drug-likeness (QED) is 0.898. The van der Waals surface area contributed by atoms with Crippen LogP contribution in [0.15, 0.2) is 24.3 Å². The lowest BCUT2D eigenvalue weighted by Crippen LogP contribution is -2.27. The Morgan fingerprint density at radius 3 is 2.68 bits per heavy atom. The largest absolute Gasteiger partial charge is 0.393 e. The summed E-state index contributed by atoms with van der Waals surface area (Å²) < 4.78 is 22.1. The van der Waals surface area contributed by atoms with E-state index < -0.39 is 9.84 Å². The van der Waals surface area contributed by atoms with Crippen molar-refractivity contribution in [2.75, 3.05) is 12.0 Å². The Labute approximate surface area is 115 Å². The molecule has 2 unspecified atom stereocenters. The number of sulfone groups is 1. The Hall–Kier alpha value is -0.870. The van der Waals surface area contributed by atoms with Gasteiger partial charge in [0.25, 0.3) is 0 Å². The second-order valence-corrected chi connectivity index (χ2v) is 7.87. The zero-order valence-electron chi connectivity index (χ0n) is 11.4. The average molecular weight is 282 g/mol. The molecule has 2 rings (SSSR count). The fourth-order valence-electron chi connectivity index (χ4n) is 2.84. The van der Waals surface area contributed by atoms with Gasteiger partial charge in [0.15, 0.2) is 0 Å². The van der Waals surface area contributed by atoms with Gasteiger partial charge in [-0.1, -0.05) is 24.3 Å². The lowest BCUT2D eigenvalue weighted by Gasteiger charge is -2.28. The van der Waals surface area contributed by atoms with E-state index in [2.05, 4.69) is 18.2 Å². The van der Waals surface area contributed by atoms with Gasteiger partial charge in [-0.3, -0.25) is 0 Å². The highest BCUT2D eigenvalue weighted by Crippen LogP contribution is 2.28. The summed E-state index contributed by atoms with van der Waals surface area (Å²) in [4.78, 5) is 0. The van der Waals surface area contributed by atoms with Gasteiger partial charge in [0, 0.05) is 12.0 Å². The van der Waals surface area contributed by atoms with Crippen molar-refractivity contribution < 1.29 is 13.5 Å². The van der Waals surface area contributed by atoms with Crippen LogP contribution in [-0.2, 0) is 22.7 Å². The maximum absolute atomic E-state index is 11.1. The third-order valence-electron chi connectivity index (χ3n) is 3.94. The molecule has 1 aromatic rings. The van der Waals surface area contributed by atoms with Crippen LogP contribution in [0.3, 0.4) is 0 Å². The van der Waals surface area contributed by atoms with Crippen molar-refractivity contribution in [2.24, 2.45) is 5.92 Å². The monoisotopic (exact) mass is 282 g/mol. The SMILES string of the molecule is CS(=O)(=O)CCCC(O)C1CCc2ccccc2C1. The summed E-state index contributed by atoms with van der Waals surface area (Å²) in [6.45, 7) is 0. The molecule has 4 heteroatoms. The Balaban J connectivity index is 1.87. The fraction of sp³-hybridized carbons (Fsp3) is 0.600. The molecule has 0 saturated carbocycles. The number of aliphatic hydroxyl groups excluding tert-OH is 1. The Morgan fingerprint density at radius 2 is 2.00 bits per heavy atom. The minimum atomic E-state index is -2.91. The third kappa shape index (κ3) is 4.32. The van der Waals surface area contributed by atoms with Crippen LogP contribution < -0.4 is 0 Å². The first-order chi connectivity index (χ1) is 8.96. The van der Waals surface area contributed by atoms with Crippen LogP contribution in [0.5, 0.6) is 0 Å². The van der Waals surface area contributed by atoms with E-state index >= 15 is 0 Å². The van der Waals surface area contributed by atoms with Crippen molar-refractivity contribution in [1.82, 2.24) is 0 Å². The van der Waals surface area contributed by atoms with Crippen LogP contribution in [0.25, 0.3) is 0 Å². The van der Waals surface area contributed by atoms with E-state index in [1.54, 1.807) is 0 Å². The molecule has 0 saturated heterocycles. The lowest BCUT2D eigenvalue weighted by molar-refractivity contribution is 0.0903. The van der Waals surface area contributed by atoms with Crippen LogP contribution in [0.2, 0.25) is 0 Å². The van der Waals surface area contributed by atoms with E-state index in [9.17, 15) is 13.5 Å². The Bertz CT molecular complexity index is 522. The maximum atomic E-state index is 11.1. The van der Waals surface area contributed by atoms with Gasteiger partial charge in [0.1, 0.15) is 9.84 Å². The summed E-state index contributed by atoms with van der Waals surface area (Å²) in [5.74, 6) is 0.447. The number of aliphatic hydroxyl groups is 1. The van der Waals surface area contributed by atoms with Gasteiger partial charge in [0.2, 0.25) is 0 Å². The third-order valence-corrected chi connectivity index (χ3v) is 4.97. The molecular weight excluding hydrogens is 260 g/mol.